The van der Waals surface area contributed by atoms with Gasteiger partial charge in [0.2, 0.25) is 0 Å². The van der Waals surface area contributed by atoms with E-state index in [-0.39, 0.29) is 79.4 Å². The Morgan fingerprint density at radius 3 is 1.62 bits per heavy atom. The first kappa shape index (κ1) is 21.3. The molecular weight excluding hydrogens is 354 g/mol. The van der Waals surface area contributed by atoms with Crippen LogP contribution in [-0.4, -0.2) is 85.6 Å². The normalized spacial score (nSPS) is 10.9. The summed E-state index contributed by atoms with van der Waals surface area (Å²) in [6.07, 6.45) is 0. The second-order valence-corrected chi connectivity index (χ2v) is 8.48. The van der Waals surface area contributed by atoms with E-state index in [2.05, 4.69) is 4.18 Å². The van der Waals surface area contributed by atoms with Gasteiger partial charge in [-0.3, -0.25) is 0 Å². The van der Waals surface area contributed by atoms with Crippen LogP contribution in [0, 0.1) is 0 Å². The van der Waals surface area contributed by atoms with Crippen LogP contribution in [0.4, 0.5) is 0 Å². The third kappa shape index (κ3) is 5.16. The first-order valence-electron chi connectivity index (χ1n) is 5.23. The molecule has 0 fully saturated rings. The van der Waals surface area contributed by atoms with Gasteiger partial charge in [-0.05, 0) is 24.3 Å². The molecule has 0 aromatic heterocycles. The maximum atomic E-state index is 11.9. The molecule has 0 saturated carbocycles. The molecule has 0 atom stereocenters. The van der Waals surface area contributed by atoms with Crippen molar-refractivity contribution in [2.75, 3.05) is 0 Å². The number of hydrogen-bond acceptors (Lipinski definition) is 5. The summed E-state index contributed by atoms with van der Waals surface area (Å²) >= 11 is 0. The third-order valence-electron chi connectivity index (χ3n) is 2.24. The van der Waals surface area contributed by atoms with Crippen molar-refractivity contribution in [2.24, 2.45) is 0 Å². The van der Waals surface area contributed by atoms with E-state index in [1.54, 1.807) is 24.3 Å². The van der Waals surface area contributed by atoms with Crippen LogP contribution in [0.2, 0.25) is 0 Å². The van der Waals surface area contributed by atoms with Crippen molar-refractivity contribution in [1.29, 1.82) is 0 Å². The van der Waals surface area contributed by atoms with E-state index < -0.39 is 18.0 Å². The van der Waals surface area contributed by atoms with Crippen LogP contribution in [-0.2, 0) is 18.0 Å². The Labute approximate surface area is 176 Å². The second-order valence-electron chi connectivity index (χ2n) is 3.57. The summed E-state index contributed by atoms with van der Waals surface area (Å²) in [4.78, 5) is -0.328. The molecule has 2 aromatic carbocycles. The van der Waals surface area contributed by atoms with Crippen molar-refractivity contribution in [3.63, 3.8) is 0 Å². The molecule has 0 amide bonds. The zero-order chi connectivity index (χ0) is 13.9. The molecule has 5 nitrogen and oxygen atoms in total. The molecular formula is C12H14AlKO5S2. The quantitative estimate of drug-likeness (QED) is 0.559. The summed E-state index contributed by atoms with van der Waals surface area (Å²) in [5.74, 6) is -0.0537. The zero-order valence-electron chi connectivity index (χ0n) is 9.63. The van der Waals surface area contributed by atoms with E-state index in [0.717, 1.165) is 0 Å². The number of para-hydroxylation sites is 1. The summed E-state index contributed by atoms with van der Waals surface area (Å²) < 4.78 is 52.1. The summed E-state index contributed by atoms with van der Waals surface area (Å²) in [6, 6.07) is 14.3. The van der Waals surface area contributed by atoms with Gasteiger partial charge < -0.3 is 4.18 Å². The minimum absolute atomic E-state index is 0. The number of rotatable bonds is 4. The number of benzene rings is 2. The molecule has 2 aromatic rings. The van der Waals surface area contributed by atoms with Gasteiger partial charge in [0.05, 0.1) is 4.90 Å². The Balaban J connectivity index is 0.00000200. The second kappa shape index (κ2) is 8.81. The van der Waals surface area contributed by atoms with Gasteiger partial charge in [-0.2, -0.15) is 8.42 Å². The molecule has 0 bridgehead atoms. The first-order valence-corrected chi connectivity index (χ1v) is 8.64. The fourth-order valence-corrected chi connectivity index (χ4v) is 4.05. The zero-order valence-corrected chi connectivity index (χ0v) is 11.3. The Kier molecular flexibility index (Phi) is 8.94. The van der Waals surface area contributed by atoms with Crippen molar-refractivity contribution < 1.29 is 21.0 Å². The predicted molar refractivity (Wildman–Crippen MR) is 86.7 cm³/mol. The van der Waals surface area contributed by atoms with Crippen molar-refractivity contribution in [3.8, 4) is 5.75 Å². The molecule has 0 unspecified atom stereocenters. The van der Waals surface area contributed by atoms with E-state index >= 15 is 0 Å². The van der Waals surface area contributed by atoms with Gasteiger partial charge in [-0.25, -0.2) is 8.42 Å². The van der Waals surface area contributed by atoms with Crippen molar-refractivity contribution in [3.05, 3.63) is 60.7 Å². The molecule has 0 N–H and O–H groups in total. The van der Waals surface area contributed by atoms with Crippen LogP contribution in [0.1, 0.15) is 0 Å². The first-order chi connectivity index (χ1) is 8.93. The van der Waals surface area contributed by atoms with E-state index in [4.69, 9.17) is 0 Å². The van der Waals surface area contributed by atoms with Gasteiger partial charge in [0.25, 0.3) is 0 Å². The molecule has 21 heavy (non-hydrogen) atoms. The Hall–Kier alpha value is 0.309. The van der Waals surface area contributed by atoms with Gasteiger partial charge in [0, 0.05) is 0 Å². The van der Waals surface area contributed by atoms with E-state index in [9.17, 15) is 16.8 Å². The summed E-state index contributed by atoms with van der Waals surface area (Å²) in [5, 5.41) is 0. The Morgan fingerprint density at radius 2 is 1.14 bits per heavy atom. The molecule has 0 heterocycles. The predicted octanol–water partition coefficient (Wildman–Crippen LogP) is -0.0483. The molecule has 0 spiro atoms. The average molecular weight is 368 g/mol. The van der Waals surface area contributed by atoms with Gasteiger partial charge in [0.1, 0.15) is 5.75 Å². The van der Waals surface area contributed by atoms with Crippen LogP contribution in [0.3, 0.4) is 0 Å². The molecule has 108 valence electrons. The van der Waals surface area contributed by atoms with E-state index in [1.165, 1.54) is 36.4 Å². The van der Waals surface area contributed by atoms with Crippen LogP contribution >= 0.6 is 0 Å². The average Bonchev–Trinajstić information content (AvgIpc) is 2.40. The van der Waals surface area contributed by atoms with Crippen LogP contribution in [0.25, 0.3) is 0 Å². The molecule has 0 aliphatic heterocycles. The molecule has 0 aliphatic rings. The minimum atomic E-state index is -4.79. The van der Waals surface area contributed by atoms with Gasteiger partial charge in [-0.1, -0.05) is 36.4 Å². The van der Waals surface area contributed by atoms with Gasteiger partial charge >= 0.3 is 69.4 Å². The van der Waals surface area contributed by atoms with E-state index in [1.807, 2.05) is 0 Å². The van der Waals surface area contributed by atoms with Crippen molar-refractivity contribution >= 4 is 86.8 Å². The van der Waals surface area contributed by atoms with E-state index in [0.29, 0.717) is 0 Å². The standard InChI is InChI=1S/C12H10O5S2.Al.K.4H/c13-18(14,12-9-5-2-6-10-12)19(15,16)17-11-7-3-1-4-8-11;;;;;;/h1-10H;;;;;;. The Bertz CT molecular complexity index is 762. The molecule has 0 radical (unpaired) electrons. The third-order valence-corrected chi connectivity index (χ3v) is 6.42. The van der Waals surface area contributed by atoms with Gasteiger partial charge in [-0.15, -0.1) is 0 Å². The fraction of sp³-hybridized carbons (Fsp3) is 0. The monoisotopic (exact) mass is 368 g/mol. The number of hydrogen-bond donors (Lipinski definition) is 0. The van der Waals surface area contributed by atoms with Crippen LogP contribution in [0.5, 0.6) is 5.75 Å². The van der Waals surface area contributed by atoms with Gasteiger partial charge in [0.15, 0.2) is 17.4 Å². The van der Waals surface area contributed by atoms with Crippen LogP contribution in [0.15, 0.2) is 65.6 Å². The topological polar surface area (TPSA) is 77.5 Å². The summed E-state index contributed by atoms with van der Waals surface area (Å²) in [6.45, 7) is 0. The summed E-state index contributed by atoms with van der Waals surface area (Å²) in [7, 11) is -9.38. The summed E-state index contributed by atoms with van der Waals surface area (Å²) in [5.41, 5.74) is 0. The maximum absolute atomic E-state index is 11.9. The van der Waals surface area contributed by atoms with Crippen LogP contribution < -0.4 is 4.18 Å². The SMILES string of the molecule is O=S(=O)(Oc1ccccc1)S(=O)(=O)c1ccccc1.[AlH3].[KH]. The van der Waals surface area contributed by atoms with Crippen molar-refractivity contribution in [1.82, 2.24) is 0 Å². The molecule has 0 saturated heterocycles. The molecule has 0 aliphatic carbocycles. The van der Waals surface area contributed by atoms with Crippen molar-refractivity contribution in [2.45, 2.75) is 4.90 Å². The molecule has 2 rings (SSSR count). The Morgan fingerprint density at radius 1 is 0.714 bits per heavy atom. The molecule has 9 heteroatoms. The fourth-order valence-electron chi connectivity index (χ4n) is 1.34.